The summed E-state index contributed by atoms with van der Waals surface area (Å²) in [6.07, 6.45) is 2.65. The molecule has 0 aromatic heterocycles. The number of hydrogen-bond donors (Lipinski definition) is 1. The van der Waals surface area contributed by atoms with Gasteiger partial charge in [0, 0.05) is 10.7 Å². The molecule has 0 unspecified atom stereocenters. The zero-order valence-electron chi connectivity index (χ0n) is 17.5. The predicted molar refractivity (Wildman–Crippen MR) is 124 cm³/mol. The lowest BCUT2D eigenvalue weighted by atomic mass is 10.2. The van der Waals surface area contributed by atoms with Crippen molar-refractivity contribution in [3.05, 3.63) is 63.5 Å². The number of aryl methyl sites for hydroxylation is 1. The van der Waals surface area contributed by atoms with Gasteiger partial charge >= 0.3 is 0 Å². The Labute approximate surface area is 190 Å². The van der Waals surface area contributed by atoms with Crippen molar-refractivity contribution < 1.29 is 19.1 Å². The first kappa shape index (κ1) is 22.9. The lowest BCUT2D eigenvalue weighted by molar-refractivity contribution is -0.127. The Hall–Kier alpha value is -2.77. The molecule has 3 rings (SSSR count). The zero-order chi connectivity index (χ0) is 22.5. The molecule has 0 spiro atoms. The quantitative estimate of drug-likeness (QED) is 0.554. The van der Waals surface area contributed by atoms with Crippen molar-refractivity contribution in [3.8, 4) is 5.75 Å². The number of amides is 3. The number of carbonyl (C=O) groups excluding carboxylic acids is 3. The van der Waals surface area contributed by atoms with Crippen LogP contribution in [-0.2, 0) is 9.59 Å². The van der Waals surface area contributed by atoms with E-state index in [4.69, 9.17) is 16.3 Å². The summed E-state index contributed by atoms with van der Waals surface area (Å²) in [5, 5.41) is 2.70. The van der Waals surface area contributed by atoms with Gasteiger partial charge in [0.1, 0.15) is 12.3 Å². The molecule has 1 fully saturated rings. The maximum Gasteiger partial charge on any atom is 0.294 e. The van der Waals surface area contributed by atoms with E-state index in [0.717, 1.165) is 40.0 Å². The molecule has 6 nitrogen and oxygen atoms in total. The molecule has 1 aliphatic rings. The molecule has 1 N–H and O–H groups in total. The topological polar surface area (TPSA) is 75.7 Å². The molecule has 1 atom stereocenters. The average molecular weight is 459 g/mol. The van der Waals surface area contributed by atoms with Crippen LogP contribution in [0, 0.1) is 6.92 Å². The molecule has 0 bridgehead atoms. The number of hydrogen-bond acceptors (Lipinski definition) is 5. The van der Waals surface area contributed by atoms with Gasteiger partial charge < -0.3 is 10.1 Å². The SMILES string of the molecule is CC[C@H](C)Oc1ccc(/C=C2\SC(=O)N(CC(=O)Nc3cc(Cl)ccc3C)C2=O)cc1. The van der Waals surface area contributed by atoms with Crippen molar-refractivity contribution in [1.29, 1.82) is 0 Å². The minimum absolute atomic E-state index is 0.115. The van der Waals surface area contributed by atoms with Gasteiger partial charge in [-0.05, 0) is 73.5 Å². The van der Waals surface area contributed by atoms with Crippen LogP contribution in [0.5, 0.6) is 5.75 Å². The molecular formula is C23H23ClN2O4S. The minimum atomic E-state index is -0.493. The van der Waals surface area contributed by atoms with E-state index in [2.05, 4.69) is 5.32 Å². The third-order valence-corrected chi connectivity index (χ3v) is 5.88. The van der Waals surface area contributed by atoms with Crippen molar-refractivity contribution in [2.75, 3.05) is 11.9 Å². The molecular weight excluding hydrogens is 436 g/mol. The number of imide groups is 1. The molecule has 3 amide bonds. The lowest BCUT2D eigenvalue weighted by Gasteiger charge is -2.14. The van der Waals surface area contributed by atoms with Crippen LogP contribution < -0.4 is 10.1 Å². The maximum atomic E-state index is 12.7. The normalized spacial score (nSPS) is 16.0. The Morgan fingerprint density at radius 1 is 1.23 bits per heavy atom. The van der Waals surface area contributed by atoms with E-state index in [1.165, 1.54) is 0 Å². The van der Waals surface area contributed by atoms with E-state index in [9.17, 15) is 14.4 Å². The van der Waals surface area contributed by atoms with Crippen molar-refractivity contribution >= 4 is 52.2 Å². The van der Waals surface area contributed by atoms with Crippen molar-refractivity contribution in [2.24, 2.45) is 0 Å². The number of rotatable bonds is 7. The number of thioether (sulfide) groups is 1. The fourth-order valence-corrected chi connectivity index (χ4v) is 3.82. The minimum Gasteiger partial charge on any atom is -0.491 e. The van der Waals surface area contributed by atoms with Gasteiger partial charge in [0.05, 0.1) is 11.0 Å². The Balaban J connectivity index is 1.66. The second-order valence-corrected chi connectivity index (χ2v) is 8.61. The number of nitrogens with one attached hydrogen (secondary N) is 1. The molecule has 8 heteroatoms. The number of nitrogens with zero attached hydrogens (tertiary/aromatic N) is 1. The lowest BCUT2D eigenvalue weighted by Crippen LogP contribution is -2.36. The smallest absolute Gasteiger partial charge is 0.294 e. The summed E-state index contributed by atoms with van der Waals surface area (Å²) in [6.45, 7) is 5.50. The van der Waals surface area contributed by atoms with Gasteiger partial charge in [-0.3, -0.25) is 19.3 Å². The number of benzene rings is 2. The van der Waals surface area contributed by atoms with Gasteiger partial charge in [-0.15, -0.1) is 0 Å². The van der Waals surface area contributed by atoms with E-state index in [1.807, 2.05) is 45.0 Å². The van der Waals surface area contributed by atoms with Crippen LogP contribution in [0.25, 0.3) is 6.08 Å². The second kappa shape index (κ2) is 10.0. The highest BCUT2D eigenvalue weighted by molar-refractivity contribution is 8.18. The summed E-state index contributed by atoms with van der Waals surface area (Å²) in [4.78, 5) is 38.6. The van der Waals surface area contributed by atoms with Crippen LogP contribution in [-0.4, -0.2) is 34.6 Å². The van der Waals surface area contributed by atoms with Crippen LogP contribution in [0.15, 0.2) is 47.4 Å². The van der Waals surface area contributed by atoms with Gasteiger partial charge in [0.2, 0.25) is 5.91 Å². The molecule has 31 heavy (non-hydrogen) atoms. The summed E-state index contributed by atoms with van der Waals surface area (Å²) < 4.78 is 5.74. The fraction of sp³-hybridized carbons (Fsp3) is 0.261. The summed E-state index contributed by atoms with van der Waals surface area (Å²) in [5.41, 5.74) is 2.13. The van der Waals surface area contributed by atoms with E-state index < -0.39 is 17.1 Å². The largest absolute Gasteiger partial charge is 0.491 e. The average Bonchev–Trinajstić information content (AvgIpc) is 2.99. The van der Waals surface area contributed by atoms with Gasteiger partial charge in [-0.2, -0.15) is 0 Å². The highest BCUT2D eigenvalue weighted by atomic mass is 35.5. The Kier molecular flexibility index (Phi) is 7.41. The Morgan fingerprint density at radius 2 is 1.94 bits per heavy atom. The third kappa shape index (κ3) is 5.89. The molecule has 1 aliphatic heterocycles. The third-order valence-electron chi connectivity index (χ3n) is 4.74. The summed E-state index contributed by atoms with van der Waals surface area (Å²) in [5.74, 6) is -0.221. The monoisotopic (exact) mass is 458 g/mol. The zero-order valence-corrected chi connectivity index (χ0v) is 19.0. The van der Waals surface area contributed by atoms with Crippen LogP contribution in [0.2, 0.25) is 5.02 Å². The molecule has 0 aliphatic carbocycles. The molecule has 162 valence electrons. The molecule has 1 saturated heterocycles. The molecule has 1 heterocycles. The first-order valence-electron chi connectivity index (χ1n) is 9.85. The molecule has 0 saturated carbocycles. The van der Waals surface area contributed by atoms with Crippen molar-refractivity contribution in [1.82, 2.24) is 4.90 Å². The summed E-state index contributed by atoms with van der Waals surface area (Å²) >= 11 is 6.78. The Morgan fingerprint density at radius 3 is 2.61 bits per heavy atom. The number of carbonyl (C=O) groups is 3. The maximum absolute atomic E-state index is 12.7. The van der Waals surface area contributed by atoms with Crippen LogP contribution in [0.3, 0.4) is 0 Å². The van der Waals surface area contributed by atoms with E-state index >= 15 is 0 Å². The van der Waals surface area contributed by atoms with Gasteiger partial charge in [-0.1, -0.05) is 36.7 Å². The van der Waals surface area contributed by atoms with Crippen molar-refractivity contribution in [3.63, 3.8) is 0 Å². The van der Waals surface area contributed by atoms with Crippen LogP contribution in [0.4, 0.5) is 10.5 Å². The van der Waals surface area contributed by atoms with E-state index in [-0.39, 0.29) is 17.6 Å². The van der Waals surface area contributed by atoms with E-state index in [1.54, 1.807) is 24.3 Å². The number of anilines is 1. The highest BCUT2D eigenvalue weighted by Crippen LogP contribution is 2.32. The number of halogens is 1. The van der Waals surface area contributed by atoms with Gasteiger partial charge in [0.15, 0.2) is 0 Å². The first-order valence-corrected chi connectivity index (χ1v) is 11.0. The summed E-state index contributed by atoms with van der Waals surface area (Å²) in [7, 11) is 0. The first-order chi connectivity index (χ1) is 14.8. The second-order valence-electron chi connectivity index (χ2n) is 7.18. The Bertz CT molecular complexity index is 1040. The van der Waals surface area contributed by atoms with Crippen LogP contribution >= 0.6 is 23.4 Å². The van der Waals surface area contributed by atoms with Gasteiger partial charge in [-0.25, -0.2) is 0 Å². The summed E-state index contributed by atoms with van der Waals surface area (Å²) in [6, 6.07) is 12.4. The van der Waals surface area contributed by atoms with Crippen LogP contribution in [0.1, 0.15) is 31.4 Å². The predicted octanol–water partition coefficient (Wildman–Crippen LogP) is 5.50. The number of ether oxygens (including phenoxy) is 1. The molecule has 2 aromatic carbocycles. The van der Waals surface area contributed by atoms with Gasteiger partial charge in [0.25, 0.3) is 11.1 Å². The molecule has 2 aromatic rings. The van der Waals surface area contributed by atoms with E-state index in [0.29, 0.717) is 10.7 Å². The fourth-order valence-electron chi connectivity index (χ4n) is 2.81. The molecule has 0 radical (unpaired) electrons. The standard InChI is InChI=1S/C23H23ClN2O4S/c1-4-15(3)30-18-9-6-16(7-10-18)11-20-22(28)26(23(29)31-20)13-21(27)25-19-12-17(24)8-5-14(19)2/h5-12,15H,4,13H2,1-3H3,(H,25,27)/b20-11-/t15-/m0/s1. The van der Waals surface area contributed by atoms with Crippen molar-refractivity contribution in [2.45, 2.75) is 33.3 Å². The highest BCUT2D eigenvalue weighted by Gasteiger charge is 2.36.